The molecule has 0 spiro atoms. The third kappa shape index (κ3) is 3.78. The zero-order valence-electron chi connectivity index (χ0n) is 15.7. The molecule has 3 aromatic rings. The molecule has 0 fully saturated rings. The van der Waals surface area contributed by atoms with Gasteiger partial charge in [-0.3, -0.25) is 18.7 Å². The Balaban J connectivity index is 1.92. The van der Waals surface area contributed by atoms with Crippen molar-refractivity contribution in [3.8, 4) is 0 Å². The largest absolute Gasteiger partial charge is 0.416 e. The number of aromatic nitrogens is 3. The number of aryl methyl sites for hydroxylation is 1. The first-order valence-corrected chi connectivity index (χ1v) is 8.54. The SMILES string of the molecule is CC(NC(=O)c1cnc2c(c1)c(=O)n(C)c(=O)n2C)c1cccc(C(F)(F)F)c1. The van der Waals surface area contributed by atoms with Gasteiger partial charge in [0, 0.05) is 20.3 Å². The summed E-state index contributed by atoms with van der Waals surface area (Å²) in [7, 11) is 2.76. The lowest BCUT2D eigenvalue weighted by molar-refractivity contribution is -0.137. The van der Waals surface area contributed by atoms with Gasteiger partial charge >= 0.3 is 11.9 Å². The fourth-order valence-electron chi connectivity index (χ4n) is 2.94. The first-order valence-electron chi connectivity index (χ1n) is 8.54. The highest BCUT2D eigenvalue weighted by Crippen LogP contribution is 2.30. The van der Waals surface area contributed by atoms with E-state index in [0.717, 1.165) is 16.7 Å². The van der Waals surface area contributed by atoms with Crippen LogP contribution in [-0.4, -0.2) is 20.0 Å². The van der Waals surface area contributed by atoms with Gasteiger partial charge in [0.2, 0.25) is 0 Å². The molecule has 0 aliphatic rings. The molecule has 0 aliphatic heterocycles. The molecule has 2 heterocycles. The molecule has 2 aromatic heterocycles. The van der Waals surface area contributed by atoms with Gasteiger partial charge in [0.15, 0.2) is 0 Å². The third-order valence-corrected chi connectivity index (χ3v) is 4.62. The molecular weight excluding hydrogens is 389 g/mol. The Morgan fingerprint density at radius 2 is 1.83 bits per heavy atom. The van der Waals surface area contributed by atoms with Crippen LogP contribution in [0.15, 0.2) is 46.1 Å². The molecule has 152 valence electrons. The van der Waals surface area contributed by atoms with E-state index in [1.807, 2.05) is 0 Å². The number of rotatable bonds is 3. The van der Waals surface area contributed by atoms with E-state index < -0.39 is 34.9 Å². The van der Waals surface area contributed by atoms with Crippen molar-refractivity contribution in [1.29, 1.82) is 0 Å². The standard InChI is InChI=1S/C19H17F3N4O3/c1-10(11-5-4-6-13(7-11)19(20,21)22)24-16(27)12-8-14-15(23-9-12)25(2)18(29)26(3)17(14)28/h4-10H,1-3H3,(H,24,27). The van der Waals surface area contributed by atoms with Crippen LogP contribution >= 0.6 is 0 Å². The average Bonchev–Trinajstić information content (AvgIpc) is 2.69. The Labute approximate surface area is 162 Å². The second-order valence-corrected chi connectivity index (χ2v) is 6.62. The number of hydrogen-bond donors (Lipinski definition) is 1. The van der Waals surface area contributed by atoms with Gasteiger partial charge in [0.25, 0.3) is 11.5 Å². The summed E-state index contributed by atoms with van der Waals surface area (Å²) in [6.45, 7) is 1.55. The van der Waals surface area contributed by atoms with Gasteiger partial charge in [0.05, 0.1) is 22.6 Å². The predicted octanol–water partition coefficient (Wildman–Crippen LogP) is 2.14. The minimum atomic E-state index is -4.49. The maximum atomic E-state index is 12.9. The summed E-state index contributed by atoms with van der Waals surface area (Å²) in [5.41, 5.74) is -1.51. The second kappa shape index (κ2) is 7.19. The number of halogens is 3. The van der Waals surface area contributed by atoms with Crippen LogP contribution in [0.25, 0.3) is 11.0 Å². The Kier molecular flexibility index (Phi) is 5.04. The molecule has 10 heteroatoms. The van der Waals surface area contributed by atoms with Gasteiger partial charge in [-0.05, 0) is 30.7 Å². The van der Waals surface area contributed by atoms with Gasteiger partial charge < -0.3 is 5.32 Å². The molecule has 0 bridgehead atoms. The molecular formula is C19H17F3N4O3. The second-order valence-electron chi connectivity index (χ2n) is 6.62. The highest BCUT2D eigenvalue weighted by atomic mass is 19.4. The van der Waals surface area contributed by atoms with E-state index in [2.05, 4.69) is 10.3 Å². The van der Waals surface area contributed by atoms with E-state index in [4.69, 9.17) is 0 Å². The lowest BCUT2D eigenvalue weighted by Crippen LogP contribution is -2.37. The average molecular weight is 406 g/mol. The van der Waals surface area contributed by atoms with Crippen LogP contribution in [0.3, 0.4) is 0 Å². The summed E-state index contributed by atoms with van der Waals surface area (Å²) in [4.78, 5) is 40.9. The summed E-state index contributed by atoms with van der Waals surface area (Å²) in [5, 5.41) is 2.67. The fourth-order valence-corrected chi connectivity index (χ4v) is 2.94. The molecule has 0 radical (unpaired) electrons. The van der Waals surface area contributed by atoms with E-state index in [1.54, 1.807) is 6.92 Å². The van der Waals surface area contributed by atoms with Crippen LogP contribution in [0.4, 0.5) is 13.2 Å². The quantitative estimate of drug-likeness (QED) is 0.722. The summed E-state index contributed by atoms with van der Waals surface area (Å²) >= 11 is 0. The molecule has 1 amide bonds. The van der Waals surface area contributed by atoms with Crippen molar-refractivity contribution >= 4 is 16.9 Å². The number of carbonyl (C=O) groups excluding carboxylic acids is 1. The number of nitrogens with one attached hydrogen (secondary N) is 1. The van der Waals surface area contributed by atoms with Crippen molar-refractivity contribution in [2.45, 2.75) is 19.1 Å². The fraction of sp³-hybridized carbons (Fsp3) is 0.263. The maximum Gasteiger partial charge on any atom is 0.416 e. The molecule has 7 nitrogen and oxygen atoms in total. The Hall–Kier alpha value is -3.43. The molecule has 1 aromatic carbocycles. The number of fused-ring (bicyclic) bond motifs is 1. The molecule has 0 aliphatic carbocycles. The van der Waals surface area contributed by atoms with Crippen LogP contribution in [0.2, 0.25) is 0 Å². The van der Waals surface area contributed by atoms with Gasteiger partial charge in [-0.2, -0.15) is 13.2 Å². The van der Waals surface area contributed by atoms with Crippen LogP contribution in [0, 0.1) is 0 Å². The zero-order valence-corrected chi connectivity index (χ0v) is 15.7. The predicted molar refractivity (Wildman–Crippen MR) is 99.6 cm³/mol. The van der Waals surface area contributed by atoms with E-state index >= 15 is 0 Å². The topological polar surface area (TPSA) is 86.0 Å². The molecule has 1 atom stereocenters. The summed E-state index contributed by atoms with van der Waals surface area (Å²) in [6, 6.07) is 5.24. The van der Waals surface area contributed by atoms with E-state index in [0.29, 0.717) is 0 Å². The number of hydrogen-bond acceptors (Lipinski definition) is 4. The van der Waals surface area contributed by atoms with Crippen molar-refractivity contribution in [3.63, 3.8) is 0 Å². The van der Waals surface area contributed by atoms with E-state index in [9.17, 15) is 27.6 Å². The lowest BCUT2D eigenvalue weighted by Gasteiger charge is -2.16. The maximum absolute atomic E-state index is 12.9. The highest BCUT2D eigenvalue weighted by Gasteiger charge is 2.30. The number of amides is 1. The van der Waals surface area contributed by atoms with Crippen LogP contribution in [0.1, 0.15) is 34.5 Å². The van der Waals surface area contributed by atoms with Gasteiger partial charge in [-0.15, -0.1) is 0 Å². The van der Waals surface area contributed by atoms with E-state index in [1.165, 1.54) is 43.1 Å². The highest BCUT2D eigenvalue weighted by molar-refractivity contribution is 5.96. The Bertz CT molecular complexity index is 1230. The Morgan fingerprint density at radius 1 is 1.14 bits per heavy atom. The van der Waals surface area contributed by atoms with Crippen molar-refractivity contribution in [1.82, 2.24) is 19.4 Å². The summed E-state index contributed by atoms with van der Waals surface area (Å²) in [6.07, 6.45) is -3.28. The molecule has 0 saturated heterocycles. The Morgan fingerprint density at radius 3 is 2.48 bits per heavy atom. The number of carbonyl (C=O) groups is 1. The van der Waals surface area contributed by atoms with Crippen LogP contribution < -0.4 is 16.6 Å². The number of pyridine rings is 1. The first-order chi connectivity index (χ1) is 13.5. The molecule has 0 saturated carbocycles. The number of benzene rings is 1. The van der Waals surface area contributed by atoms with Gasteiger partial charge in [0.1, 0.15) is 5.65 Å². The number of nitrogens with zero attached hydrogens (tertiary/aromatic N) is 3. The first kappa shape index (κ1) is 20.3. The molecule has 1 unspecified atom stereocenters. The van der Waals surface area contributed by atoms with Crippen LogP contribution in [-0.2, 0) is 20.3 Å². The minimum absolute atomic E-state index is 0.0482. The van der Waals surface area contributed by atoms with Gasteiger partial charge in [-0.25, -0.2) is 9.78 Å². The van der Waals surface area contributed by atoms with Crippen molar-refractivity contribution in [2.75, 3.05) is 0 Å². The lowest BCUT2D eigenvalue weighted by atomic mass is 10.0. The normalized spacial score (nSPS) is 12.8. The molecule has 29 heavy (non-hydrogen) atoms. The summed E-state index contributed by atoms with van der Waals surface area (Å²) in [5.74, 6) is -0.611. The van der Waals surface area contributed by atoms with E-state index in [-0.39, 0.29) is 22.2 Å². The number of alkyl halides is 3. The zero-order chi connectivity index (χ0) is 21.5. The molecule has 3 rings (SSSR count). The molecule has 1 N–H and O–H groups in total. The van der Waals surface area contributed by atoms with Crippen molar-refractivity contribution in [3.05, 3.63) is 74.1 Å². The van der Waals surface area contributed by atoms with Gasteiger partial charge in [-0.1, -0.05) is 12.1 Å². The minimum Gasteiger partial charge on any atom is -0.345 e. The van der Waals surface area contributed by atoms with Crippen molar-refractivity contribution < 1.29 is 18.0 Å². The smallest absolute Gasteiger partial charge is 0.345 e. The summed E-state index contributed by atoms with van der Waals surface area (Å²) < 4.78 is 40.7. The third-order valence-electron chi connectivity index (χ3n) is 4.62. The van der Waals surface area contributed by atoms with Crippen LogP contribution in [0.5, 0.6) is 0 Å². The monoisotopic (exact) mass is 406 g/mol. The van der Waals surface area contributed by atoms with Crippen molar-refractivity contribution in [2.24, 2.45) is 14.1 Å².